The van der Waals surface area contributed by atoms with Crippen molar-refractivity contribution in [1.82, 2.24) is 0 Å². The summed E-state index contributed by atoms with van der Waals surface area (Å²) in [7, 11) is -4.62. The Morgan fingerprint density at radius 3 is 2.29 bits per heavy atom. The molecular formula is C14H8N4O5S. The summed E-state index contributed by atoms with van der Waals surface area (Å²) in [5, 5.41) is 18.2. The summed E-state index contributed by atoms with van der Waals surface area (Å²) < 4.78 is 38.7. The number of nitriles is 2. The van der Waals surface area contributed by atoms with Gasteiger partial charge in [-0.2, -0.15) is 8.42 Å². The van der Waals surface area contributed by atoms with E-state index in [0.29, 0.717) is 0 Å². The molecule has 10 heteroatoms. The van der Waals surface area contributed by atoms with Gasteiger partial charge in [-0.05, 0) is 11.3 Å². The average Bonchev–Trinajstić information content (AvgIpc) is 2.54. The number of hydrogen-bond donors (Lipinski definition) is 1. The predicted octanol–water partition coefficient (Wildman–Crippen LogP) is -0.0131. The first-order valence-corrected chi connectivity index (χ1v) is 7.41. The van der Waals surface area contributed by atoms with E-state index in [9.17, 15) is 8.42 Å². The standard InChI is InChI=1S/C14H8N4O5S/c1-17-12(8-15)10-3-4-11(13(9-16)18-2)14(7-10)22-5-6-23-24(19,20)21/h3-4,7H,5-6H2,(H,19,20,21)/b12-10+,13-11+. The SMILES string of the molecule is [C-]#[N+]/C(C#N)=c1\cc/c(=C(/C#N)[N+]#[C-])c(OCCOS(=O)(=O)O)c1. The van der Waals surface area contributed by atoms with Crippen LogP contribution in [0.25, 0.3) is 21.1 Å². The van der Waals surface area contributed by atoms with Crippen molar-refractivity contribution in [1.29, 1.82) is 10.5 Å². The van der Waals surface area contributed by atoms with Crippen molar-refractivity contribution >= 4 is 21.8 Å². The van der Waals surface area contributed by atoms with E-state index in [1.165, 1.54) is 18.2 Å². The van der Waals surface area contributed by atoms with E-state index < -0.39 is 17.0 Å². The second-order valence-electron chi connectivity index (χ2n) is 3.95. The lowest BCUT2D eigenvalue weighted by Gasteiger charge is -2.07. The van der Waals surface area contributed by atoms with E-state index in [0.717, 1.165) is 0 Å². The predicted molar refractivity (Wildman–Crippen MR) is 79.9 cm³/mol. The van der Waals surface area contributed by atoms with Crippen LogP contribution in [0.15, 0.2) is 18.2 Å². The number of ether oxygens (including phenoxy) is 1. The van der Waals surface area contributed by atoms with Gasteiger partial charge < -0.3 is 4.74 Å². The topological polar surface area (TPSA) is 129 Å². The number of nitrogens with zero attached hydrogens (tertiary/aromatic N) is 4. The zero-order chi connectivity index (χ0) is 18.2. The molecule has 0 saturated heterocycles. The molecule has 1 aromatic rings. The second-order valence-corrected chi connectivity index (χ2v) is 5.04. The Labute approximate surface area is 137 Å². The Balaban J connectivity index is 3.37. The molecule has 9 nitrogen and oxygen atoms in total. The van der Waals surface area contributed by atoms with Crippen molar-refractivity contribution in [2.75, 3.05) is 13.2 Å². The third-order valence-corrected chi connectivity index (χ3v) is 2.98. The molecule has 1 N–H and O–H groups in total. The van der Waals surface area contributed by atoms with Gasteiger partial charge in [-0.15, -0.1) is 0 Å². The molecule has 120 valence electrons. The molecule has 0 heterocycles. The van der Waals surface area contributed by atoms with Crippen LogP contribution < -0.4 is 15.2 Å². The van der Waals surface area contributed by atoms with Gasteiger partial charge in [0.2, 0.25) is 0 Å². The molecule has 0 aromatic heterocycles. The monoisotopic (exact) mass is 344 g/mol. The molecule has 0 amide bonds. The average molecular weight is 344 g/mol. The summed E-state index contributed by atoms with van der Waals surface area (Å²) in [6, 6.07) is 7.38. The fraction of sp³-hybridized carbons (Fsp3) is 0.143. The van der Waals surface area contributed by atoms with E-state index >= 15 is 0 Å². The molecule has 0 radical (unpaired) electrons. The maximum absolute atomic E-state index is 10.4. The molecule has 0 aliphatic rings. The molecule has 1 aromatic carbocycles. The molecule has 0 aliphatic heterocycles. The Hall–Kier alpha value is -3.41. The van der Waals surface area contributed by atoms with Gasteiger partial charge in [0.05, 0.1) is 25.3 Å². The highest BCUT2D eigenvalue weighted by molar-refractivity contribution is 7.80. The van der Waals surface area contributed by atoms with Crippen LogP contribution in [0, 0.1) is 35.8 Å². The first kappa shape index (κ1) is 18.6. The quantitative estimate of drug-likeness (QED) is 0.451. The lowest BCUT2D eigenvalue weighted by Crippen LogP contribution is -2.19. The van der Waals surface area contributed by atoms with Gasteiger partial charge in [0.1, 0.15) is 19.0 Å². The lowest BCUT2D eigenvalue weighted by atomic mass is 10.2. The third kappa shape index (κ3) is 5.10. The summed E-state index contributed by atoms with van der Waals surface area (Å²) in [6.45, 7) is 13.0. The minimum atomic E-state index is -4.62. The lowest BCUT2D eigenvalue weighted by molar-refractivity contribution is 0.201. The Kier molecular flexibility index (Phi) is 6.43. The van der Waals surface area contributed by atoms with Crippen molar-refractivity contribution in [2.45, 2.75) is 0 Å². The largest absolute Gasteiger partial charge is 0.492 e. The van der Waals surface area contributed by atoms with Crippen molar-refractivity contribution in [3.8, 4) is 17.9 Å². The summed E-state index contributed by atoms with van der Waals surface area (Å²) in [5.74, 6) is -0.00427. The summed E-state index contributed by atoms with van der Waals surface area (Å²) in [4.78, 5) is 6.09. The molecular weight excluding hydrogens is 336 g/mol. The summed E-state index contributed by atoms with van der Waals surface area (Å²) >= 11 is 0. The van der Waals surface area contributed by atoms with Crippen molar-refractivity contribution in [3.05, 3.63) is 51.5 Å². The van der Waals surface area contributed by atoms with Crippen LogP contribution in [0.3, 0.4) is 0 Å². The molecule has 0 saturated carbocycles. The van der Waals surface area contributed by atoms with E-state index in [1.807, 2.05) is 0 Å². The maximum Gasteiger partial charge on any atom is 0.397 e. The van der Waals surface area contributed by atoms with Crippen LogP contribution in [-0.2, 0) is 14.6 Å². The van der Waals surface area contributed by atoms with E-state index in [1.54, 1.807) is 12.1 Å². The van der Waals surface area contributed by atoms with Gasteiger partial charge in [0, 0.05) is 5.22 Å². The zero-order valence-corrected chi connectivity index (χ0v) is 12.7. The van der Waals surface area contributed by atoms with E-state index in [4.69, 9.17) is 33.0 Å². The molecule has 1 rings (SSSR count). The van der Waals surface area contributed by atoms with E-state index in [-0.39, 0.29) is 34.2 Å². The van der Waals surface area contributed by atoms with Crippen molar-refractivity contribution in [3.63, 3.8) is 0 Å². The van der Waals surface area contributed by atoms with Crippen LogP contribution in [0.4, 0.5) is 0 Å². The normalized spacial score (nSPS) is 12.7. The number of benzene rings is 1. The molecule has 0 fully saturated rings. The Morgan fingerprint density at radius 2 is 1.79 bits per heavy atom. The third-order valence-electron chi connectivity index (χ3n) is 2.52. The molecule has 24 heavy (non-hydrogen) atoms. The second kappa shape index (κ2) is 8.28. The first-order valence-electron chi connectivity index (χ1n) is 6.04. The van der Waals surface area contributed by atoms with Crippen LogP contribution in [-0.4, -0.2) is 26.2 Å². The Bertz CT molecular complexity index is 1000. The molecule has 0 atom stereocenters. The molecule has 0 unspecified atom stereocenters. The van der Waals surface area contributed by atoms with Gasteiger partial charge in [-0.25, -0.2) is 24.4 Å². The summed E-state index contributed by atoms with van der Waals surface area (Å²) in [5.41, 5.74) is -0.504. The fourth-order valence-corrected chi connectivity index (χ4v) is 1.85. The number of hydrogen-bond acceptors (Lipinski definition) is 6. The van der Waals surface area contributed by atoms with Gasteiger partial charge in [-0.1, -0.05) is 12.1 Å². The highest BCUT2D eigenvalue weighted by Gasteiger charge is 2.07. The van der Waals surface area contributed by atoms with Gasteiger partial charge >= 0.3 is 10.4 Å². The van der Waals surface area contributed by atoms with Gasteiger partial charge in [0.15, 0.2) is 0 Å². The maximum atomic E-state index is 10.4. The van der Waals surface area contributed by atoms with Crippen LogP contribution in [0.2, 0.25) is 0 Å². The minimum Gasteiger partial charge on any atom is -0.492 e. The molecule has 0 bridgehead atoms. The molecule has 0 aliphatic carbocycles. The molecule has 0 spiro atoms. The van der Waals surface area contributed by atoms with Gasteiger partial charge in [0.25, 0.3) is 11.4 Å². The van der Waals surface area contributed by atoms with Crippen LogP contribution in [0.1, 0.15) is 0 Å². The van der Waals surface area contributed by atoms with E-state index in [2.05, 4.69) is 13.9 Å². The first-order chi connectivity index (χ1) is 11.4. The Morgan fingerprint density at radius 1 is 1.17 bits per heavy atom. The zero-order valence-electron chi connectivity index (χ0n) is 11.9. The highest BCUT2D eigenvalue weighted by Crippen LogP contribution is 2.05. The minimum absolute atomic E-state index is 0.00427. The highest BCUT2D eigenvalue weighted by atomic mass is 32.3. The van der Waals surface area contributed by atoms with Crippen LogP contribution >= 0.6 is 0 Å². The summed E-state index contributed by atoms with van der Waals surface area (Å²) in [6.07, 6.45) is 0. The number of rotatable bonds is 5. The van der Waals surface area contributed by atoms with Gasteiger partial charge in [-0.3, -0.25) is 4.55 Å². The van der Waals surface area contributed by atoms with Crippen molar-refractivity contribution in [2.24, 2.45) is 0 Å². The smallest absolute Gasteiger partial charge is 0.397 e. The fourth-order valence-electron chi connectivity index (χ4n) is 1.58. The van der Waals surface area contributed by atoms with Crippen LogP contribution in [0.5, 0.6) is 5.75 Å². The van der Waals surface area contributed by atoms with Crippen molar-refractivity contribution < 1.29 is 21.9 Å².